The molecule has 0 aliphatic heterocycles. The number of carbonyl (C=O) groups is 1. The third-order valence-electron chi connectivity index (χ3n) is 3.21. The van der Waals surface area contributed by atoms with Crippen LogP contribution in [-0.4, -0.2) is 11.0 Å². The molecule has 0 aliphatic rings. The fourth-order valence-corrected chi connectivity index (χ4v) is 2.07. The van der Waals surface area contributed by atoms with Gasteiger partial charge in [0, 0.05) is 24.0 Å². The molecule has 4 N–H and O–H groups in total. The number of urea groups is 1. The normalized spacial score (nSPS) is 11.9. The maximum atomic E-state index is 10.8. The number of benzene rings is 1. The van der Waals surface area contributed by atoms with Crippen LogP contribution in [0.1, 0.15) is 29.9 Å². The summed E-state index contributed by atoms with van der Waals surface area (Å²) in [5.74, 6) is 0. The average Bonchev–Trinajstić information content (AvgIpc) is 2.45. The Balaban J connectivity index is 1.93. The van der Waals surface area contributed by atoms with Crippen molar-refractivity contribution < 1.29 is 4.79 Å². The largest absolute Gasteiger partial charge is 0.351 e. The van der Waals surface area contributed by atoms with Crippen LogP contribution in [0.4, 0.5) is 10.5 Å². The second-order valence-electron chi connectivity index (χ2n) is 4.98. The molecule has 0 spiro atoms. The van der Waals surface area contributed by atoms with E-state index < -0.39 is 6.03 Å². The lowest BCUT2D eigenvalue weighted by atomic mass is 10.1. The molecule has 0 radical (unpaired) electrons. The molecule has 1 aromatic carbocycles. The topological polar surface area (TPSA) is 80.0 Å². The SMILES string of the molecule is Cc1cccc(CNC(C)c2ccc(NC(N)=O)cc2)n1. The summed E-state index contributed by atoms with van der Waals surface area (Å²) in [7, 11) is 0. The van der Waals surface area contributed by atoms with Crippen molar-refractivity contribution in [2.24, 2.45) is 5.73 Å². The molecule has 0 saturated heterocycles. The maximum absolute atomic E-state index is 10.8. The molecule has 1 unspecified atom stereocenters. The van der Waals surface area contributed by atoms with Gasteiger partial charge in [-0.25, -0.2) is 4.79 Å². The number of primary amides is 1. The molecular weight excluding hydrogens is 264 g/mol. The minimum Gasteiger partial charge on any atom is -0.351 e. The number of rotatable bonds is 5. The monoisotopic (exact) mass is 284 g/mol. The van der Waals surface area contributed by atoms with Crippen LogP contribution in [0.15, 0.2) is 42.5 Å². The molecule has 0 fully saturated rings. The number of amides is 2. The number of carbonyl (C=O) groups excluding carboxylic acids is 1. The first-order valence-corrected chi connectivity index (χ1v) is 6.87. The molecule has 0 aliphatic carbocycles. The van der Waals surface area contributed by atoms with E-state index in [0.717, 1.165) is 17.0 Å². The minimum atomic E-state index is -0.556. The standard InChI is InChI=1S/C16H20N4O/c1-11-4-3-5-15(19-11)10-18-12(2)13-6-8-14(9-7-13)20-16(17)21/h3-9,12,18H,10H2,1-2H3,(H3,17,20,21). The maximum Gasteiger partial charge on any atom is 0.316 e. The number of nitrogens with one attached hydrogen (secondary N) is 2. The highest BCUT2D eigenvalue weighted by Gasteiger charge is 2.06. The van der Waals surface area contributed by atoms with E-state index in [1.54, 1.807) is 0 Å². The van der Waals surface area contributed by atoms with E-state index in [-0.39, 0.29) is 6.04 Å². The van der Waals surface area contributed by atoms with E-state index in [1.807, 2.05) is 49.4 Å². The van der Waals surface area contributed by atoms with E-state index in [9.17, 15) is 4.79 Å². The Morgan fingerprint density at radius 3 is 2.57 bits per heavy atom. The van der Waals surface area contributed by atoms with Crippen LogP contribution in [0, 0.1) is 6.92 Å². The Hall–Kier alpha value is -2.40. The van der Waals surface area contributed by atoms with Crippen molar-refractivity contribution in [2.75, 3.05) is 5.32 Å². The summed E-state index contributed by atoms with van der Waals surface area (Å²) in [6, 6.07) is 13.2. The lowest BCUT2D eigenvalue weighted by molar-refractivity contribution is 0.259. The van der Waals surface area contributed by atoms with Crippen LogP contribution < -0.4 is 16.4 Å². The van der Waals surface area contributed by atoms with Crippen LogP contribution >= 0.6 is 0 Å². The highest BCUT2D eigenvalue weighted by molar-refractivity contribution is 5.87. The zero-order valence-corrected chi connectivity index (χ0v) is 12.3. The number of aromatic nitrogens is 1. The second-order valence-corrected chi connectivity index (χ2v) is 4.98. The van der Waals surface area contributed by atoms with Crippen LogP contribution in [0.5, 0.6) is 0 Å². The highest BCUT2D eigenvalue weighted by Crippen LogP contribution is 2.16. The molecule has 110 valence electrons. The molecule has 5 heteroatoms. The number of nitrogens with zero attached hydrogens (tertiary/aromatic N) is 1. The molecule has 2 amide bonds. The molecule has 2 rings (SSSR count). The average molecular weight is 284 g/mol. The van der Waals surface area contributed by atoms with Crippen LogP contribution in [0.3, 0.4) is 0 Å². The first-order chi connectivity index (χ1) is 10.0. The van der Waals surface area contributed by atoms with Gasteiger partial charge in [-0.15, -0.1) is 0 Å². The molecule has 0 saturated carbocycles. The Morgan fingerprint density at radius 1 is 1.24 bits per heavy atom. The number of aryl methyl sites for hydroxylation is 1. The lowest BCUT2D eigenvalue weighted by Crippen LogP contribution is -2.20. The van der Waals surface area contributed by atoms with E-state index in [4.69, 9.17) is 5.73 Å². The fraction of sp³-hybridized carbons (Fsp3) is 0.250. The number of hydrogen-bond acceptors (Lipinski definition) is 3. The van der Waals surface area contributed by atoms with Gasteiger partial charge in [-0.3, -0.25) is 4.98 Å². The van der Waals surface area contributed by atoms with Gasteiger partial charge in [-0.05, 0) is 43.7 Å². The van der Waals surface area contributed by atoms with Crippen molar-refractivity contribution in [3.63, 3.8) is 0 Å². The van der Waals surface area contributed by atoms with E-state index >= 15 is 0 Å². The third kappa shape index (κ3) is 4.57. The second kappa shape index (κ2) is 6.85. The quantitative estimate of drug-likeness (QED) is 0.789. The van der Waals surface area contributed by atoms with Crippen LogP contribution in [0.25, 0.3) is 0 Å². The molecule has 0 bridgehead atoms. The molecule has 1 heterocycles. The van der Waals surface area contributed by atoms with Gasteiger partial charge in [0.25, 0.3) is 0 Å². The number of nitrogens with two attached hydrogens (primary N) is 1. The summed E-state index contributed by atoms with van der Waals surface area (Å²) in [5.41, 5.74) is 8.95. The van der Waals surface area contributed by atoms with Gasteiger partial charge in [0.1, 0.15) is 0 Å². The van der Waals surface area contributed by atoms with Crippen LogP contribution in [0.2, 0.25) is 0 Å². The predicted molar refractivity (Wildman–Crippen MR) is 83.9 cm³/mol. The first kappa shape index (κ1) is 15.0. The summed E-state index contributed by atoms with van der Waals surface area (Å²) in [4.78, 5) is 15.2. The van der Waals surface area contributed by atoms with Gasteiger partial charge < -0.3 is 16.4 Å². The van der Waals surface area contributed by atoms with E-state index in [1.165, 1.54) is 0 Å². The van der Waals surface area contributed by atoms with Crippen molar-refractivity contribution >= 4 is 11.7 Å². The predicted octanol–water partition coefficient (Wildman–Crippen LogP) is 2.73. The smallest absolute Gasteiger partial charge is 0.316 e. The van der Waals surface area contributed by atoms with Crippen LogP contribution in [-0.2, 0) is 6.54 Å². The third-order valence-corrected chi connectivity index (χ3v) is 3.21. The van der Waals surface area contributed by atoms with Gasteiger partial charge in [0.2, 0.25) is 0 Å². The van der Waals surface area contributed by atoms with Gasteiger partial charge in [0.15, 0.2) is 0 Å². The molecule has 5 nitrogen and oxygen atoms in total. The molecular formula is C16H20N4O. The summed E-state index contributed by atoms with van der Waals surface area (Å²) < 4.78 is 0. The first-order valence-electron chi connectivity index (χ1n) is 6.87. The van der Waals surface area contributed by atoms with Gasteiger partial charge in [-0.1, -0.05) is 18.2 Å². The summed E-state index contributed by atoms with van der Waals surface area (Å²) in [5, 5.41) is 5.97. The van der Waals surface area contributed by atoms with Crippen molar-refractivity contribution in [2.45, 2.75) is 26.4 Å². The molecule has 1 atom stereocenters. The van der Waals surface area contributed by atoms with Gasteiger partial charge in [0.05, 0.1) is 5.69 Å². The van der Waals surface area contributed by atoms with Gasteiger partial charge >= 0.3 is 6.03 Å². The highest BCUT2D eigenvalue weighted by atomic mass is 16.2. The molecule has 2 aromatic rings. The summed E-state index contributed by atoms with van der Waals surface area (Å²) >= 11 is 0. The lowest BCUT2D eigenvalue weighted by Gasteiger charge is -2.14. The van der Waals surface area contributed by atoms with Crippen molar-refractivity contribution in [1.82, 2.24) is 10.3 Å². The van der Waals surface area contributed by atoms with Gasteiger partial charge in [-0.2, -0.15) is 0 Å². The number of hydrogen-bond donors (Lipinski definition) is 3. The van der Waals surface area contributed by atoms with E-state index in [0.29, 0.717) is 12.2 Å². The van der Waals surface area contributed by atoms with Crippen molar-refractivity contribution in [1.29, 1.82) is 0 Å². The van der Waals surface area contributed by atoms with Crippen molar-refractivity contribution in [3.8, 4) is 0 Å². The minimum absolute atomic E-state index is 0.190. The number of pyridine rings is 1. The zero-order valence-electron chi connectivity index (χ0n) is 12.3. The Morgan fingerprint density at radius 2 is 1.95 bits per heavy atom. The summed E-state index contributed by atoms with van der Waals surface area (Å²) in [6.45, 7) is 4.79. The molecule has 21 heavy (non-hydrogen) atoms. The van der Waals surface area contributed by atoms with E-state index in [2.05, 4.69) is 22.5 Å². The van der Waals surface area contributed by atoms with Crippen molar-refractivity contribution in [3.05, 3.63) is 59.4 Å². The summed E-state index contributed by atoms with van der Waals surface area (Å²) in [6.07, 6.45) is 0. The zero-order chi connectivity index (χ0) is 15.2. The fourth-order valence-electron chi connectivity index (χ4n) is 2.07. The Kier molecular flexibility index (Phi) is 4.90. The number of anilines is 1. The molecule has 1 aromatic heterocycles. The Bertz CT molecular complexity index is 610. The Labute approximate surface area is 124 Å².